The van der Waals surface area contributed by atoms with Gasteiger partial charge >= 0.3 is 5.97 Å². The zero-order chi connectivity index (χ0) is 24.1. The number of benzene rings is 1. The van der Waals surface area contributed by atoms with Crippen LogP contribution in [0.25, 0.3) is 0 Å². The maximum atomic E-state index is 11.4. The van der Waals surface area contributed by atoms with Crippen molar-refractivity contribution in [2.24, 2.45) is 0 Å². The van der Waals surface area contributed by atoms with Crippen LogP contribution >= 0.6 is 0 Å². The fraction of sp³-hybridized carbons (Fsp3) is 0.536. The Hall–Kier alpha value is -2.87. The third kappa shape index (κ3) is 6.57. The van der Waals surface area contributed by atoms with Gasteiger partial charge in [0.2, 0.25) is 0 Å². The summed E-state index contributed by atoms with van der Waals surface area (Å²) < 4.78 is 11.2. The summed E-state index contributed by atoms with van der Waals surface area (Å²) in [5.74, 6) is 7.35. The predicted octanol–water partition coefficient (Wildman–Crippen LogP) is 5.55. The van der Waals surface area contributed by atoms with E-state index in [2.05, 4.69) is 68.6 Å². The van der Waals surface area contributed by atoms with Gasteiger partial charge < -0.3 is 9.47 Å². The van der Waals surface area contributed by atoms with Crippen molar-refractivity contribution in [3.63, 3.8) is 0 Å². The van der Waals surface area contributed by atoms with E-state index in [1.165, 1.54) is 11.1 Å². The van der Waals surface area contributed by atoms with Gasteiger partial charge in [-0.15, -0.1) is 0 Å². The summed E-state index contributed by atoms with van der Waals surface area (Å²) in [5, 5.41) is 0. The first kappa shape index (κ1) is 24.8. The lowest BCUT2D eigenvalue weighted by Crippen LogP contribution is -2.41. The molecule has 5 nitrogen and oxygen atoms in total. The number of carbonyl (C=O) groups is 1. The molecule has 1 aromatic carbocycles. The van der Waals surface area contributed by atoms with Crippen molar-refractivity contribution in [3.8, 4) is 17.6 Å². The molecule has 0 N–H and O–H groups in total. The van der Waals surface area contributed by atoms with Crippen LogP contribution in [0.3, 0.4) is 0 Å². The van der Waals surface area contributed by atoms with Crippen LogP contribution in [0.4, 0.5) is 0 Å². The second-order valence-corrected chi connectivity index (χ2v) is 9.94. The minimum absolute atomic E-state index is 0.0223. The van der Waals surface area contributed by atoms with Crippen LogP contribution in [-0.4, -0.2) is 28.1 Å². The van der Waals surface area contributed by atoms with Gasteiger partial charge in [-0.3, -0.25) is 9.78 Å². The molecule has 3 rings (SSSR count). The van der Waals surface area contributed by atoms with Gasteiger partial charge in [-0.05, 0) is 81.9 Å². The van der Waals surface area contributed by atoms with Crippen LogP contribution in [0.5, 0.6) is 5.75 Å². The first-order valence-electron chi connectivity index (χ1n) is 12.0. The number of esters is 1. The van der Waals surface area contributed by atoms with E-state index in [-0.39, 0.29) is 17.0 Å². The molecule has 1 aliphatic heterocycles. The summed E-state index contributed by atoms with van der Waals surface area (Å²) in [7, 11) is 0. The number of hydrogen-bond acceptors (Lipinski definition) is 5. The number of carbonyl (C=O) groups excluding carboxylic acids is 1. The van der Waals surface area contributed by atoms with Gasteiger partial charge in [0, 0.05) is 23.7 Å². The molecule has 0 spiro atoms. The maximum Gasteiger partial charge on any atom is 0.305 e. The smallest absolute Gasteiger partial charge is 0.305 e. The standard InChI is InChI=1S/C28H36N2O3/c1-7-20-16-25-24(27(3,4)19-28(5,6)33-25)15-21(20)13-14-23-18-29-22(17-30-23)11-9-10-12-26(31)32-8-2/h15-18H,7-12,19H2,1-6H3. The van der Waals surface area contributed by atoms with Gasteiger partial charge in [0.1, 0.15) is 17.0 Å². The zero-order valence-corrected chi connectivity index (χ0v) is 20.9. The summed E-state index contributed by atoms with van der Waals surface area (Å²) in [6.45, 7) is 13.2. The van der Waals surface area contributed by atoms with Gasteiger partial charge in [-0.2, -0.15) is 0 Å². The molecule has 0 aliphatic carbocycles. The van der Waals surface area contributed by atoms with Crippen LogP contribution < -0.4 is 4.74 Å². The predicted molar refractivity (Wildman–Crippen MR) is 130 cm³/mol. The van der Waals surface area contributed by atoms with Crippen molar-refractivity contribution >= 4 is 5.97 Å². The Balaban J connectivity index is 1.70. The van der Waals surface area contributed by atoms with Crippen LogP contribution in [0, 0.1) is 11.8 Å². The highest BCUT2D eigenvalue weighted by Gasteiger charge is 2.39. The Morgan fingerprint density at radius 2 is 1.88 bits per heavy atom. The van der Waals surface area contributed by atoms with Crippen LogP contribution in [-0.2, 0) is 27.8 Å². The van der Waals surface area contributed by atoms with E-state index in [0.29, 0.717) is 18.7 Å². The largest absolute Gasteiger partial charge is 0.488 e. The summed E-state index contributed by atoms with van der Waals surface area (Å²) in [6.07, 6.45) is 8.25. The quantitative estimate of drug-likeness (QED) is 0.316. The Morgan fingerprint density at radius 1 is 1.09 bits per heavy atom. The first-order chi connectivity index (χ1) is 15.6. The third-order valence-electron chi connectivity index (χ3n) is 5.97. The average Bonchev–Trinajstić information content (AvgIpc) is 2.74. The Morgan fingerprint density at radius 3 is 2.55 bits per heavy atom. The molecule has 0 unspecified atom stereocenters. The van der Waals surface area contributed by atoms with E-state index in [9.17, 15) is 4.79 Å². The van der Waals surface area contributed by atoms with E-state index in [1.54, 1.807) is 12.4 Å². The Labute approximate surface area is 198 Å². The summed E-state index contributed by atoms with van der Waals surface area (Å²) in [6, 6.07) is 4.36. The molecule has 2 heterocycles. The van der Waals surface area contributed by atoms with Crippen molar-refractivity contribution in [2.75, 3.05) is 6.61 Å². The third-order valence-corrected chi connectivity index (χ3v) is 5.97. The van der Waals surface area contributed by atoms with Crippen LogP contribution in [0.1, 0.15) is 95.3 Å². The van der Waals surface area contributed by atoms with E-state index in [4.69, 9.17) is 9.47 Å². The topological polar surface area (TPSA) is 61.3 Å². The summed E-state index contributed by atoms with van der Waals surface area (Å²) in [4.78, 5) is 20.4. The minimum atomic E-state index is -0.176. The molecule has 0 amide bonds. The van der Waals surface area contributed by atoms with Crippen molar-refractivity contribution < 1.29 is 14.3 Å². The molecule has 0 atom stereocenters. The number of aryl methyl sites for hydroxylation is 2. The van der Waals surface area contributed by atoms with Gasteiger partial charge in [0.05, 0.1) is 18.5 Å². The summed E-state index contributed by atoms with van der Waals surface area (Å²) in [5.41, 5.74) is 4.83. The first-order valence-corrected chi connectivity index (χ1v) is 12.0. The summed E-state index contributed by atoms with van der Waals surface area (Å²) >= 11 is 0. The van der Waals surface area contributed by atoms with E-state index < -0.39 is 0 Å². The highest BCUT2D eigenvalue weighted by atomic mass is 16.5. The lowest BCUT2D eigenvalue weighted by molar-refractivity contribution is -0.143. The Kier molecular flexibility index (Phi) is 7.79. The molecule has 33 heavy (non-hydrogen) atoms. The molecule has 2 aromatic rings. The molecule has 0 radical (unpaired) electrons. The average molecular weight is 449 g/mol. The molecule has 0 bridgehead atoms. The molecule has 5 heteroatoms. The molecule has 0 fully saturated rings. The second-order valence-electron chi connectivity index (χ2n) is 9.94. The number of fused-ring (bicyclic) bond motifs is 1. The van der Waals surface area contributed by atoms with E-state index in [1.807, 2.05) is 6.92 Å². The highest BCUT2D eigenvalue weighted by Crippen LogP contribution is 2.45. The molecule has 1 aliphatic rings. The Bertz CT molecular complexity index is 1040. The van der Waals surface area contributed by atoms with Gasteiger partial charge in [-0.25, -0.2) is 4.98 Å². The maximum absolute atomic E-state index is 11.4. The molecule has 0 saturated heterocycles. The van der Waals surface area contributed by atoms with Crippen LogP contribution in [0.15, 0.2) is 24.5 Å². The van der Waals surface area contributed by atoms with Gasteiger partial charge in [0.25, 0.3) is 0 Å². The van der Waals surface area contributed by atoms with Crippen molar-refractivity contribution in [1.29, 1.82) is 0 Å². The fourth-order valence-electron chi connectivity index (χ4n) is 4.63. The van der Waals surface area contributed by atoms with Crippen molar-refractivity contribution in [1.82, 2.24) is 9.97 Å². The lowest BCUT2D eigenvalue weighted by Gasteiger charge is -2.42. The number of rotatable bonds is 7. The number of hydrogen-bond donors (Lipinski definition) is 0. The van der Waals surface area contributed by atoms with Gasteiger partial charge in [-0.1, -0.05) is 26.7 Å². The minimum Gasteiger partial charge on any atom is -0.488 e. The fourth-order valence-corrected chi connectivity index (χ4v) is 4.63. The SMILES string of the molecule is CCOC(=O)CCCCc1cnc(C#Cc2cc3c(cc2CC)OC(C)(C)CC3(C)C)cn1. The van der Waals surface area contributed by atoms with E-state index >= 15 is 0 Å². The number of ether oxygens (including phenoxy) is 2. The molecule has 176 valence electrons. The number of aromatic nitrogens is 2. The monoisotopic (exact) mass is 448 g/mol. The lowest BCUT2D eigenvalue weighted by atomic mass is 9.73. The van der Waals surface area contributed by atoms with Crippen LogP contribution in [0.2, 0.25) is 0 Å². The zero-order valence-electron chi connectivity index (χ0n) is 20.9. The van der Waals surface area contributed by atoms with Crippen molar-refractivity contribution in [3.05, 3.63) is 52.6 Å². The number of nitrogens with zero attached hydrogens (tertiary/aromatic N) is 2. The molecule has 0 saturated carbocycles. The number of unbranched alkanes of at least 4 members (excludes halogenated alkanes) is 1. The van der Waals surface area contributed by atoms with E-state index in [0.717, 1.165) is 49.1 Å². The molecular weight excluding hydrogens is 412 g/mol. The normalized spacial score (nSPS) is 15.6. The highest BCUT2D eigenvalue weighted by molar-refractivity contribution is 5.69. The van der Waals surface area contributed by atoms with Gasteiger partial charge in [0.15, 0.2) is 0 Å². The van der Waals surface area contributed by atoms with Crippen molar-refractivity contribution in [2.45, 2.75) is 91.1 Å². The molecular formula is C28H36N2O3. The second kappa shape index (κ2) is 10.4. The molecule has 1 aromatic heterocycles.